The zero-order chi connectivity index (χ0) is 19.8. The molecule has 2 N–H and O–H groups in total. The van der Waals surface area contributed by atoms with Gasteiger partial charge in [-0.05, 0) is 64.5 Å². The van der Waals surface area contributed by atoms with E-state index in [2.05, 4.69) is 39.8 Å². The summed E-state index contributed by atoms with van der Waals surface area (Å²) in [4.78, 5) is 0. The molecule has 1 aliphatic heterocycles. The number of hydrogen-bond donors (Lipinski definition) is 2. The highest BCUT2D eigenvalue weighted by molar-refractivity contribution is 5.55. The molecule has 1 heterocycles. The second kappa shape index (κ2) is 10.6. The standard InChI is InChI=1S/C24H36O3/c1-5-6-7-11-19-16-21(25)20(24(26)23(19)22-14-15-27-22)13-12-18(4)10-8-9-17(2)3/h9,12,16,22,25-26H,5-8,10-11,13-15H2,1-4H3. The van der Waals surface area contributed by atoms with Gasteiger partial charge in [-0.3, -0.25) is 0 Å². The molecule has 0 radical (unpaired) electrons. The van der Waals surface area contributed by atoms with E-state index in [1.807, 2.05) is 6.07 Å². The highest BCUT2D eigenvalue weighted by Gasteiger charge is 2.28. The first-order chi connectivity index (χ1) is 12.9. The van der Waals surface area contributed by atoms with Crippen LogP contribution >= 0.6 is 0 Å². The van der Waals surface area contributed by atoms with Crippen molar-refractivity contribution in [2.45, 2.75) is 85.2 Å². The van der Waals surface area contributed by atoms with E-state index >= 15 is 0 Å². The summed E-state index contributed by atoms with van der Waals surface area (Å²) in [5.74, 6) is 0.440. The molecule has 1 unspecified atom stereocenters. The third kappa shape index (κ3) is 6.14. The van der Waals surface area contributed by atoms with Crippen LogP contribution in [0.2, 0.25) is 0 Å². The number of phenols is 2. The normalized spacial score (nSPS) is 16.9. The maximum absolute atomic E-state index is 10.9. The monoisotopic (exact) mass is 372 g/mol. The van der Waals surface area contributed by atoms with Crippen molar-refractivity contribution in [3.63, 3.8) is 0 Å². The maximum Gasteiger partial charge on any atom is 0.128 e. The molecule has 1 aromatic rings. The lowest BCUT2D eigenvalue weighted by Crippen LogP contribution is -2.20. The van der Waals surface area contributed by atoms with Crippen molar-refractivity contribution in [3.05, 3.63) is 46.1 Å². The molecule has 0 saturated carbocycles. The minimum atomic E-state index is -0.0243. The summed E-state index contributed by atoms with van der Waals surface area (Å²) in [7, 11) is 0. The molecule has 1 saturated heterocycles. The van der Waals surface area contributed by atoms with Gasteiger partial charge in [0.2, 0.25) is 0 Å². The summed E-state index contributed by atoms with van der Waals surface area (Å²) in [5.41, 5.74) is 5.18. The SMILES string of the molecule is CCCCCc1cc(O)c(CC=C(C)CCC=C(C)C)c(O)c1C1CCO1. The fraction of sp³-hybridized carbons (Fsp3) is 0.583. The van der Waals surface area contributed by atoms with Crippen LogP contribution < -0.4 is 0 Å². The zero-order valence-corrected chi connectivity index (χ0v) is 17.5. The van der Waals surface area contributed by atoms with Crippen LogP contribution in [0.5, 0.6) is 11.5 Å². The lowest BCUT2D eigenvalue weighted by Gasteiger charge is -2.30. The summed E-state index contributed by atoms with van der Waals surface area (Å²) in [5, 5.41) is 21.5. The predicted molar refractivity (Wildman–Crippen MR) is 112 cm³/mol. The molecule has 0 bridgehead atoms. The van der Waals surface area contributed by atoms with Gasteiger partial charge in [0.1, 0.15) is 11.5 Å². The largest absolute Gasteiger partial charge is 0.508 e. The number of rotatable bonds is 10. The summed E-state index contributed by atoms with van der Waals surface area (Å²) in [6.45, 7) is 9.27. The highest BCUT2D eigenvalue weighted by Crippen LogP contribution is 2.43. The Kier molecular flexibility index (Phi) is 8.43. The molecule has 1 aliphatic rings. The van der Waals surface area contributed by atoms with Crippen LogP contribution in [0.25, 0.3) is 0 Å². The van der Waals surface area contributed by atoms with Crippen LogP contribution in [0.3, 0.4) is 0 Å². The molecule has 2 rings (SSSR count). The van der Waals surface area contributed by atoms with E-state index in [4.69, 9.17) is 4.74 Å². The zero-order valence-electron chi connectivity index (χ0n) is 17.5. The van der Waals surface area contributed by atoms with E-state index in [0.717, 1.165) is 62.7 Å². The van der Waals surface area contributed by atoms with Gasteiger partial charge in [-0.15, -0.1) is 0 Å². The molecular formula is C24H36O3. The van der Waals surface area contributed by atoms with Crippen LogP contribution in [-0.2, 0) is 17.6 Å². The topological polar surface area (TPSA) is 49.7 Å². The second-order valence-electron chi connectivity index (χ2n) is 7.98. The third-order valence-electron chi connectivity index (χ3n) is 5.32. The maximum atomic E-state index is 10.9. The first kappa shape index (κ1) is 21.6. The fourth-order valence-corrected chi connectivity index (χ4v) is 3.53. The van der Waals surface area contributed by atoms with Crippen molar-refractivity contribution < 1.29 is 14.9 Å². The van der Waals surface area contributed by atoms with Crippen LogP contribution in [0.15, 0.2) is 29.4 Å². The lowest BCUT2D eigenvalue weighted by atomic mass is 9.89. The number of unbranched alkanes of at least 4 members (excludes halogenated alkanes) is 2. The van der Waals surface area contributed by atoms with Gasteiger partial charge in [-0.1, -0.05) is 43.1 Å². The Morgan fingerprint density at radius 2 is 1.93 bits per heavy atom. The van der Waals surface area contributed by atoms with Crippen molar-refractivity contribution in [2.75, 3.05) is 6.61 Å². The first-order valence-electron chi connectivity index (χ1n) is 10.4. The molecule has 150 valence electrons. The average Bonchev–Trinajstić information content (AvgIpc) is 2.56. The molecular weight excluding hydrogens is 336 g/mol. The Bertz CT molecular complexity index is 677. The van der Waals surface area contributed by atoms with Crippen LogP contribution in [-0.4, -0.2) is 16.8 Å². The molecule has 1 atom stereocenters. The molecule has 1 aromatic carbocycles. The second-order valence-corrected chi connectivity index (χ2v) is 7.98. The number of ether oxygens (including phenoxy) is 1. The Morgan fingerprint density at radius 3 is 2.52 bits per heavy atom. The minimum absolute atomic E-state index is 0.0243. The van der Waals surface area contributed by atoms with Gasteiger partial charge in [-0.25, -0.2) is 0 Å². The van der Waals surface area contributed by atoms with Crippen molar-refractivity contribution in [2.24, 2.45) is 0 Å². The molecule has 0 amide bonds. The van der Waals surface area contributed by atoms with Crippen LogP contribution in [0, 0.1) is 0 Å². The van der Waals surface area contributed by atoms with E-state index in [1.165, 1.54) is 11.1 Å². The van der Waals surface area contributed by atoms with Crippen molar-refractivity contribution in [1.82, 2.24) is 0 Å². The van der Waals surface area contributed by atoms with Crippen LogP contribution in [0.4, 0.5) is 0 Å². The van der Waals surface area contributed by atoms with E-state index in [1.54, 1.807) is 0 Å². The molecule has 0 spiro atoms. The van der Waals surface area contributed by atoms with Crippen LogP contribution in [0.1, 0.15) is 89.0 Å². The summed E-state index contributed by atoms with van der Waals surface area (Å²) in [6.07, 6.45) is 12.1. The molecule has 1 fully saturated rings. The predicted octanol–water partition coefficient (Wildman–Crippen LogP) is 6.53. The summed E-state index contributed by atoms with van der Waals surface area (Å²) >= 11 is 0. The third-order valence-corrected chi connectivity index (χ3v) is 5.32. The van der Waals surface area contributed by atoms with Gasteiger partial charge in [0, 0.05) is 17.5 Å². The smallest absolute Gasteiger partial charge is 0.128 e. The van der Waals surface area contributed by atoms with Gasteiger partial charge in [-0.2, -0.15) is 0 Å². The summed E-state index contributed by atoms with van der Waals surface area (Å²) in [6, 6.07) is 1.86. The van der Waals surface area contributed by atoms with Crippen molar-refractivity contribution >= 4 is 0 Å². The quantitative estimate of drug-likeness (QED) is 0.363. The highest BCUT2D eigenvalue weighted by atomic mass is 16.5. The van der Waals surface area contributed by atoms with Gasteiger partial charge < -0.3 is 14.9 Å². The van der Waals surface area contributed by atoms with Gasteiger partial charge in [0.15, 0.2) is 0 Å². The number of hydrogen-bond acceptors (Lipinski definition) is 3. The lowest BCUT2D eigenvalue weighted by molar-refractivity contribution is -0.0543. The average molecular weight is 373 g/mol. The Labute approximate surface area is 164 Å². The van der Waals surface area contributed by atoms with Crippen molar-refractivity contribution in [3.8, 4) is 11.5 Å². The van der Waals surface area contributed by atoms with Gasteiger partial charge in [0.05, 0.1) is 12.7 Å². The van der Waals surface area contributed by atoms with E-state index in [-0.39, 0.29) is 17.6 Å². The number of aryl methyl sites for hydroxylation is 1. The minimum Gasteiger partial charge on any atom is -0.508 e. The van der Waals surface area contributed by atoms with Gasteiger partial charge in [0.25, 0.3) is 0 Å². The number of allylic oxidation sites excluding steroid dienone is 4. The Balaban J connectivity index is 2.19. The summed E-state index contributed by atoms with van der Waals surface area (Å²) < 4.78 is 5.68. The van der Waals surface area contributed by atoms with E-state index in [9.17, 15) is 10.2 Å². The Hall–Kier alpha value is -1.74. The molecule has 3 nitrogen and oxygen atoms in total. The van der Waals surface area contributed by atoms with Gasteiger partial charge >= 0.3 is 0 Å². The fourth-order valence-electron chi connectivity index (χ4n) is 3.53. The molecule has 0 aromatic heterocycles. The number of phenolic OH excluding ortho intramolecular Hbond substituents is 2. The molecule has 3 heteroatoms. The number of benzene rings is 1. The van der Waals surface area contributed by atoms with E-state index in [0.29, 0.717) is 12.0 Å². The van der Waals surface area contributed by atoms with E-state index < -0.39 is 0 Å². The van der Waals surface area contributed by atoms with Crippen molar-refractivity contribution in [1.29, 1.82) is 0 Å². The number of aromatic hydroxyl groups is 2. The molecule has 0 aliphatic carbocycles. The first-order valence-corrected chi connectivity index (χ1v) is 10.4. The molecule has 27 heavy (non-hydrogen) atoms. The Morgan fingerprint density at radius 1 is 1.19 bits per heavy atom.